The molecule has 5 heteroatoms. The van der Waals surface area contributed by atoms with Gasteiger partial charge in [-0.15, -0.1) is 0 Å². The van der Waals surface area contributed by atoms with Crippen LogP contribution < -0.4 is 11.0 Å². The summed E-state index contributed by atoms with van der Waals surface area (Å²) >= 11 is 0. The Morgan fingerprint density at radius 3 is 2.48 bits per heavy atom. The standard InChI is InChI=1S/C26H28N4O/c1-27-22-6-4-5-21(17-22)20-11-9-19(10-12-20)18-29-15-13-23(14-16-29)30-25-8-3-2-7-24(25)28-26(30)31/h2-12,17,23,27H,13-16,18H2,1H3,(H,28,31). The first-order valence-corrected chi connectivity index (χ1v) is 11.0. The SMILES string of the molecule is CNc1cccc(-c2ccc(CN3CCC(n4c(=O)[nH]c5ccccc54)CC3)cc2)c1. The van der Waals surface area contributed by atoms with Gasteiger partial charge in [0.25, 0.3) is 0 Å². The maximum Gasteiger partial charge on any atom is 0.326 e. The second-order valence-electron chi connectivity index (χ2n) is 8.35. The third-order valence-electron chi connectivity index (χ3n) is 6.39. The Labute approximate surface area is 182 Å². The Kier molecular flexibility index (Phi) is 5.35. The molecule has 0 unspecified atom stereocenters. The molecule has 5 rings (SSSR count). The molecule has 5 nitrogen and oxygen atoms in total. The lowest BCUT2D eigenvalue weighted by Gasteiger charge is -2.32. The van der Waals surface area contributed by atoms with Gasteiger partial charge in [0.1, 0.15) is 0 Å². The number of aromatic amines is 1. The van der Waals surface area contributed by atoms with Crippen LogP contribution in [0, 0.1) is 0 Å². The zero-order chi connectivity index (χ0) is 21.2. The molecule has 2 N–H and O–H groups in total. The van der Waals surface area contributed by atoms with Crippen molar-refractivity contribution in [3.8, 4) is 11.1 Å². The first-order valence-electron chi connectivity index (χ1n) is 11.0. The number of fused-ring (bicyclic) bond motifs is 1. The number of benzene rings is 3. The number of hydrogen-bond acceptors (Lipinski definition) is 3. The van der Waals surface area contributed by atoms with Crippen molar-refractivity contribution in [2.45, 2.75) is 25.4 Å². The van der Waals surface area contributed by atoms with Gasteiger partial charge in [0, 0.05) is 38.4 Å². The summed E-state index contributed by atoms with van der Waals surface area (Å²) in [6, 6.07) is 25.6. The van der Waals surface area contributed by atoms with Crippen LogP contribution in [0.5, 0.6) is 0 Å². The van der Waals surface area contributed by atoms with Crippen molar-refractivity contribution in [2.75, 3.05) is 25.5 Å². The molecule has 31 heavy (non-hydrogen) atoms. The van der Waals surface area contributed by atoms with E-state index in [0.717, 1.165) is 49.2 Å². The summed E-state index contributed by atoms with van der Waals surface area (Å²) in [6.45, 7) is 2.96. The number of aromatic nitrogens is 2. The fourth-order valence-electron chi connectivity index (χ4n) is 4.69. The van der Waals surface area contributed by atoms with Crippen LogP contribution in [-0.2, 0) is 6.54 Å². The van der Waals surface area contributed by atoms with E-state index in [-0.39, 0.29) is 11.7 Å². The van der Waals surface area contributed by atoms with Gasteiger partial charge in [-0.05, 0) is 53.8 Å². The van der Waals surface area contributed by atoms with Gasteiger partial charge in [-0.3, -0.25) is 9.47 Å². The molecule has 1 aliphatic rings. The average Bonchev–Trinajstić information content (AvgIpc) is 3.16. The zero-order valence-electron chi connectivity index (χ0n) is 17.8. The van der Waals surface area contributed by atoms with Crippen LogP contribution in [0.15, 0.2) is 77.6 Å². The minimum absolute atomic E-state index is 0.0116. The van der Waals surface area contributed by atoms with Crippen molar-refractivity contribution in [2.24, 2.45) is 0 Å². The number of hydrogen-bond donors (Lipinski definition) is 2. The Hall–Kier alpha value is -3.31. The number of rotatable bonds is 5. The van der Waals surface area contributed by atoms with Crippen molar-refractivity contribution >= 4 is 16.7 Å². The second kappa shape index (κ2) is 8.44. The number of H-pyrrole nitrogens is 1. The Morgan fingerprint density at radius 2 is 1.71 bits per heavy atom. The molecule has 3 aromatic carbocycles. The van der Waals surface area contributed by atoms with Gasteiger partial charge >= 0.3 is 5.69 Å². The van der Waals surface area contributed by atoms with E-state index in [0.29, 0.717) is 0 Å². The Morgan fingerprint density at radius 1 is 0.935 bits per heavy atom. The van der Waals surface area contributed by atoms with Gasteiger partial charge < -0.3 is 10.3 Å². The zero-order valence-corrected chi connectivity index (χ0v) is 17.8. The lowest BCUT2D eigenvalue weighted by Crippen LogP contribution is -2.36. The van der Waals surface area contributed by atoms with Crippen molar-refractivity contribution in [3.63, 3.8) is 0 Å². The van der Waals surface area contributed by atoms with E-state index in [1.807, 2.05) is 35.9 Å². The molecule has 0 amide bonds. The summed E-state index contributed by atoms with van der Waals surface area (Å²) in [7, 11) is 1.94. The highest BCUT2D eigenvalue weighted by Gasteiger charge is 2.23. The molecular weight excluding hydrogens is 384 g/mol. The highest BCUT2D eigenvalue weighted by atomic mass is 16.1. The van der Waals surface area contributed by atoms with Crippen LogP contribution in [0.25, 0.3) is 22.2 Å². The quantitative estimate of drug-likeness (QED) is 0.491. The van der Waals surface area contributed by atoms with Crippen LogP contribution in [-0.4, -0.2) is 34.6 Å². The molecule has 1 saturated heterocycles. The Bertz CT molecular complexity index is 1230. The topological polar surface area (TPSA) is 53.1 Å². The molecule has 0 bridgehead atoms. The highest BCUT2D eigenvalue weighted by molar-refractivity contribution is 5.75. The molecule has 1 aliphatic heterocycles. The van der Waals surface area contributed by atoms with Crippen LogP contribution in [0.4, 0.5) is 5.69 Å². The monoisotopic (exact) mass is 412 g/mol. The molecule has 1 aromatic heterocycles. The number of nitrogens with one attached hydrogen (secondary N) is 2. The highest BCUT2D eigenvalue weighted by Crippen LogP contribution is 2.27. The van der Waals surface area contributed by atoms with Crippen molar-refractivity contribution in [1.29, 1.82) is 0 Å². The number of anilines is 1. The number of nitrogens with zero attached hydrogens (tertiary/aromatic N) is 2. The van der Waals surface area contributed by atoms with E-state index in [1.54, 1.807) is 0 Å². The maximum absolute atomic E-state index is 12.5. The first-order chi connectivity index (χ1) is 15.2. The third kappa shape index (κ3) is 4.01. The normalized spacial score (nSPS) is 15.4. The van der Waals surface area contributed by atoms with E-state index in [9.17, 15) is 4.79 Å². The van der Waals surface area contributed by atoms with Crippen LogP contribution >= 0.6 is 0 Å². The molecule has 0 spiro atoms. The van der Waals surface area contributed by atoms with Crippen LogP contribution in [0.1, 0.15) is 24.4 Å². The average molecular weight is 413 g/mol. The fraction of sp³-hybridized carbons (Fsp3) is 0.269. The fourth-order valence-corrected chi connectivity index (χ4v) is 4.69. The maximum atomic E-state index is 12.5. The van der Waals surface area contributed by atoms with Crippen molar-refractivity contribution < 1.29 is 0 Å². The third-order valence-corrected chi connectivity index (χ3v) is 6.39. The summed E-state index contributed by atoms with van der Waals surface area (Å²) in [5.41, 5.74) is 6.87. The molecule has 0 aliphatic carbocycles. The van der Waals surface area contributed by atoms with Crippen LogP contribution in [0.3, 0.4) is 0 Å². The summed E-state index contributed by atoms with van der Waals surface area (Å²) in [6.07, 6.45) is 1.99. The molecule has 0 radical (unpaired) electrons. The van der Waals surface area contributed by atoms with Gasteiger partial charge in [-0.25, -0.2) is 4.79 Å². The predicted octanol–water partition coefficient (Wildman–Crippen LogP) is 4.88. The summed E-state index contributed by atoms with van der Waals surface area (Å²) in [5.74, 6) is 0. The van der Waals surface area contributed by atoms with Crippen LogP contribution in [0.2, 0.25) is 0 Å². The number of imidazole rings is 1. The molecule has 0 atom stereocenters. The van der Waals surface area contributed by atoms with E-state index in [2.05, 4.69) is 63.7 Å². The number of para-hydroxylation sites is 2. The Balaban J connectivity index is 1.23. The molecule has 0 saturated carbocycles. The summed E-state index contributed by atoms with van der Waals surface area (Å²) in [5, 5.41) is 3.20. The van der Waals surface area contributed by atoms with E-state index >= 15 is 0 Å². The molecule has 2 heterocycles. The van der Waals surface area contributed by atoms with Gasteiger partial charge in [0.2, 0.25) is 0 Å². The van der Waals surface area contributed by atoms with E-state index < -0.39 is 0 Å². The molecule has 1 fully saturated rings. The minimum atomic E-state index is 0.0116. The number of likely N-dealkylation sites (tertiary alicyclic amines) is 1. The van der Waals surface area contributed by atoms with E-state index in [1.165, 1.54) is 16.7 Å². The molecule has 158 valence electrons. The second-order valence-corrected chi connectivity index (χ2v) is 8.35. The lowest BCUT2D eigenvalue weighted by atomic mass is 10.0. The van der Waals surface area contributed by atoms with Gasteiger partial charge in [0.05, 0.1) is 11.0 Å². The van der Waals surface area contributed by atoms with Crippen molar-refractivity contribution in [1.82, 2.24) is 14.5 Å². The molecular formula is C26H28N4O. The largest absolute Gasteiger partial charge is 0.388 e. The van der Waals surface area contributed by atoms with Gasteiger partial charge in [-0.1, -0.05) is 48.5 Å². The molecule has 4 aromatic rings. The summed E-state index contributed by atoms with van der Waals surface area (Å²) in [4.78, 5) is 18.0. The first kappa shape index (κ1) is 19.6. The van der Waals surface area contributed by atoms with E-state index in [4.69, 9.17) is 0 Å². The predicted molar refractivity (Wildman–Crippen MR) is 128 cm³/mol. The summed E-state index contributed by atoms with van der Waals surface area (Å²) < 4.78 is 1.96. The minimum Gasteiger partial charge on any atom is -0.388 e. The van der Waals surface area contributed by atoms with Gasteiger partial charge in [0.15, 0.2) is 0 Å². The van der Waals surface area contributed by atoms with Crippen molar-refractivity contribution in [3.05, 3.63) is 88.8 Å². The lowest BCUT2D eigenvalue weighted by molar-refractivity contribution is 0.180. The smallest absolute Gasteiger partial charge is 0.326 e. The van der Waals surface area contributed by atoms with Gasteiger partial charge in [-0.2, -0.15) is 0 Å². The number of piperidine rings is 1.